The molecule has 0 spiro atoms. The molecule has 0 radical (unpaired) electrons. The summed E-state index contributed by atoms with van der Waals surface area (Å²) in [4.78, 5) is 23.5. The molecular formula is C60H46N16Na6O22S6. The van der Waals surface area contributed by atoms with E-state index in [0.717, 1.165) is 48.6 Å². The zero-order valence-electron chi connectivity index (χ0n) is 58.4. The number of phenols is 2. The summed E-state index contributed by atoms with van der Waals surface area (Å²) in [6.45, 7) is 1.36. The Morgan fingerprint density at radius 1 is 0.373 bits per heavy atom. The number of azo groups is 2. The number of phenolic OH excluding ortho intramolecular Hbond substituents is 2. The quantitative estimate of drug-likeness (QED) is 0.0159. The molecule has 38 nitrogen and oxygen atoms in total. The number of fused-ring (bicyclic) bond motifs is 2. The Hall–Kier alpha value is -4.98. The van der Waals surface area contributed by atoms with Crippen LogP contribution in [0.4, 0.5) is 81.2 Å². The number of aromatic hydroxyl groups is 2. The van der Waals surface area contributed by atoms with Crippen molar-refractivity contribution >= 4 is 176 Å². The molecule has 8 aromatic carbocycles. The molecule has 0 bridgehead atoms. The van der Waals surface area contributed by atoms with Gasteiger partial charge in [0.1, 0.15) is 72.1 Å². The first kappa shape index (κ1) is 93.9. The molecule has 6 N–H and O–H groups in total. The molecule has 0 amide bonds. The van der Waals surface area contributed by atoms with Crippen molar-refractivity contribution in [3.8, 4) is 11.5 Å². The van der Waals surface area contributed by atoms with E-state index in [9.17, 15) is 88.0 Å². The molecule has 540 valence electrons. The predicted molar refractivity (Wildman–Crippen MR) is 361 cm³/mol. The van der Waals surface area contributed by atoms with Crippen LogP contribution in [0.5, 0.6) is 11.5 Å². The number of hydrogen-bond donors (Lipinski definition) is 6. The molecule has 110 heavy (non-hydrogen) atoms. The van der Waals surface area contributed by atoms with E-state index in [0.29, 0.717) is 24.3 Å². The number of anilines is 10. The van der Waals surface area contributed by atoms with Gasteiger partial charge in [0.15, 0.2) is 11.5 Å². The number of benzene rings is 8. The Morgan fingerprint density at radius 2 is 0.691 bits per heavy atom. The molecule has 4 heterocycles. The van der Waals surface area contributed by atoms with E-state index in [4.69, 9.17) is 9.47 Å². The standard InChI is InChI=1S/C60H52N16O22S6.6Na/c77-53-49-35(27-47(103(91,92)93)51(53)73-71-37-7-3-1-4-8-37)25-41(99(79,80)81)31-43(49)63-57-65-55(67-59(69-57)75-17-21-97-22-18-75)61-39-15-13-33(45(29-39)101(85,86)87)11-12-34-14-16-40(30-46(34)102(88,89)90)62-56-66-58(70-60(68-56)76-19-23-98-24-20-76)64-44-32-42(100(82,83)84)26-36-28-48(104(94,95)96)52(54(78)50(36)44)74-72-38-9-5-2-6-10-38;;;;;;/h1-16,25-32,77-78H,17-24H2,(H,79,80,81)(H,82,83,84)(H,85,86,87)(H,88,89,90)(H,91,92,93)(H,94,95,96)(H2,61,63,65,67,69)(H2,62,64,66,68,70);;;;;;/q;6*+1/p-6/b12-11+,73-71?,74-72?;;;;;;. The van der Waals surface area contributed by atoms with E-state index in [-0.39, 0.29) is 276 Å². The molecule has 2 saturated heterocycles. The molecule has 0 unspecified atom stereocenters. The fourth-order valence-corrected chi connectivity index (χ4v) is 14.3. The molecule has 50 heteroatoms. The van der Waals surface area contributed by atoms with Crippen LogP contribution in [0.2, 0.25) is 0 Å². The molecular weight excluding hydrogens is 1630 g/mol. The maximum absolute atomic E-state index is 13.1. The van der Waals surface area contributed by atoms with Crippen LogP contribution in [-0.2, 0) is 70.2 Å². The number of nitrogens with one attached hydrogen (secondary N) is 4. The van der Waals surface area contributed by atoms with Gasteiger partial charge in [0.25, 0.3) is 0 Å². The molecule has 12 rings (SSSR count). The van der Waals surface area contributed by atoms with E-state index in [2.05, 4.69) is 71.6 Å². The van der Waals surface area contributed by atoms with Gasteiger partial charge >= 0.3 is 177 Å². The largest absolute Gasteiger partial charge is 1.00 e. The SMILES string of the molecule is O=S(=O)([O-])c1cc(Nc2nc(Nc3ccc(/C=C/c4ccc(Nc5nc(Nc6cc(S(=O)(=O)[O-])cc7cc(S(=O)(=O)[O-])c(N=Nc8ccccc8)c(O)c67)nc(N6CCOCC6)n5)cc4S(=O)(=O)[O-])c(S(=O)(=O)[O-])c3)nc(N3CCOCC3)n2)c2c(O)c(N=Nc3ccccc3)c(S(=O)(=O)[O-])cc2c1.[Na+].[Na+].[Na+].[Na+].[Na+].[Na+]. The van der Waals surface area contributed by atoms with Gasteiger partial charge in [0, 0.05) is 48.3 Å². The minimum Gasteiger partial charge on any atom is -0.744 e. The third-order valence-electron chi connectivity index (χ3n) is 15.3. The van der Waals surface area contributed by atoms with Crippen molar-refractivity contribution < 1.29 is 275 Å². The zero-order chi connectivity index (χ0) is 74.3. The van der Waals surface area contributed by atoms with Crippen molar-refractivity contribution in [2.75, 3.05) is 83.7 Å². The second-order valence-electron chi connectivity index (χ2n) is 22.2. The van der Waals surface area contributed by atoms with Gasteiger partial charge < -0.3 is 78.1 Å². The summed E-state index contributed by atoms with van der Waals surface area (Å²) in [6, 6.07) is 25.9. The second-order valence-corrected chi connectivity index (χ2v) is 30.3. The fraction of sp³-hybridized carbons (Fsp3) is 0.133. The van der Waals surface area contributed by atoms with E-state index >= 15 is 0 Å². The Morgan fingerprint density at radius 3 is 1.00 bits per heavy atom. The van der Waals surface area contributed by atoms with E-state index < -0.39 is 170 Å². The van der Waals surface area contributed by atoms with Crippen molar-refractivity contribution in [1.29, 1.82) is 0 Å². The number of ether oxygens (including phenoxy) is 2. The van der Waals surface area contributed by atoms with Crippen LogP contribution in [0.25, 0.3) is 33.7 Å². The summed E-state index contributed by atoms with van der Waals surface area (Å²) in [6.07, 6.45) is 1.99. The Bertz CT molecular complexity index is 5620. The van der Waals surface area contributed by atoms with Crippen LogP contribution in [0, 0.1) is 0 Å². The van der Waals surface area contributed by atoms with Crippen molar-refractivity contribution in [1.82, 2.24) is 29.9 Å². The van der Waals surface area contributed by atoms with Gasteiger partial charge in [-0.05, 0) is 107 Å². The third kappa shape index (κ3) is 23.0. The summed E-state index contributed by atoms with van der Waals surface area (Å²) in [5.74, 6) is -4.09. The summed E-state index contributed by atoms with van der Waals surface area (Å²) in [5, 5.41) is 48.2. The summed E-state index contributed by atoms with van der Waals surface area (Å²) in [5.41, 5.74) is -3.55. The first-order chi connectivity index (χ1) is 49.1. The third-order valence-corrected chi connectivity index (χ3v) is 20.4. The Balaban J connectivity index is 0.00000315. The number of aromatic nitrogens is 6. The fourth-order valence-electron chi connectivity index (χ4n) is 10.6. The number of morpholine rings is 2. The molecule has 0 atom stereocenters. The van der Waals surface area contributed by atoms with E-state index in [1.807, 2.05) is 0 Å². The molecule has 0 saturated carbocycles. The molecule has 2 aliphatic rings. The average molecular weight is 1670 g/mol. The van der Waals surface area contributed by atoms with Crippen molar-refractivity contribution in [2.24, 2.45) is 20.5 Å². The van der Waals surface area contributed by atoms with Crippen molar-refractivity contribution in [3.63, 3.8) is 0 Å². The van der Waals surface area contributed by atoms with Crippen LogP contribution < -0.4 is 208 Å². The Kier molecular flexibility index (Phi) is 33.0. The van der Waals surface area contributed by atoms with E-state index in [1.165, 1.54) is 36.4 Å². The van der Waals surface area contributed by atoms with Gasteiger partial charge in [-0.25, -0.2) is 50.5 Å². The molecule has 2 fully saturated rings. The van der Waals surface area contributed by atoms with Crippen LogP contribution in [0.1, 0.15) is 11.1 Å². The van der Waals surface area contributed by atoms with Crippen LogP contribution in [0.15, 0.2) is 183 Å². The van der Waals surface area contributed by atoms with Crippen LogP contribution >= 0.6 is 0 Å². The molecule has 2 aromatic heterocycles. The molecule has 2 aliphatic heterocycles. The summed E-state index contributed by atoms with van der Waals surface area (Å²) >= 11 is 0. The normalized spacial score (nSPS) is 13.7. The predicted octanol–water partition coefficient (Wildman–Crippen LogP) is -11.1. The van der Waals surface area contributed by atoms with E-state index in [1.54, 1.807) is 46.2 Å². The zero-order valence-corrected chi connectivity index (χ0v) is 75.3. The summed E-state index contributed by atoms with van der Waals surface area (Å²) < 4.78 is 241. The first-order valence-electron chi connectivity index (χ1n) is 29.7. The molecule has 10 aromatic rings. The van der Waals surface area contributed by atoms with Gasteiger partial charge in [-0.2, -0.15) is 40.1 Å². The van der Waals surface area contributed by atoms with Gasteiger partial charge in [-0.3, -0.25) is 0 Å². The maximum Gasteiger partial charge on any atom is 1.00 e. The molecule has 0 aliphatic carbocycles. The monoisotopic (exact) mass is 1670 g/mol. The topological polar surface area (TPSA) is 584 Å². The van der Waals surface area contributed by atoms with Gasteiger partial charge in [-0.1, -0.05) is 60.7 Å². The maximum atomic E-state index is 13.1. The van der Waals surface area contributed by atoms with Crippen LogP contribution in [0.3, 0.4) is 0 Å². The first-order valence-corrected chi connectivity index (χ1v) is 38.1. The van der Waals surface area contributed by atoms with Gasteiger partial charge in [0.05, 0.1) is 78.5 Å². The van der Waals surface area contributed by atoms with Gasteiger partial charge in [-0.15, -0.1) is 10.2 Å². The van der Waals surface area contributed by atoms with Crippen molar-refractivity contribution in [2.45, 2.75) is 29.4 Å². The number of hydrogen-bond acceptors (Lipinski definition) is 38. The smallest absolute Gasteiger partial charge is 0.744 e. The number of rotatable bonds is 22. The second kappa shape index (κ2) is 38.6. The summed E-state index contributed by atoms with van der Waals surface area (Å²) in [7, 11) is -32.8. The minimum atomic E-state index is -5.51. The van der Waals surface area contributed by atoms with Crippen LogP contribution in [-0.4, -0.2) is 171 Å². The number of nitrogens with zero attached hydrogens (tertiary/aromatic N) is 12. The Labute approximate surface area is 759 Å². The average Bonchev–Trinajstić information content (AvgIpc) is 0.750. The van der Waals surface area contributed by atoms with Crippen molar-refractivity contribution in [3.05, 3.63) is 145 Å². The minimum absolute atomic E-state index is 0. The van der Waals surface area contributed by atoms with Gasteiger partial charge in [0.2, 0.25) is 35.7 Å².